The van der Waals surface area contributed by atoms with Crippen molar-refractivity contribution in [2.45, 2.75) is 20.5 Å². The molecule has 0 radical (unpaired) electrons. The highest BCUT2D eigenvalue weighted by atomic mass is 16.5. The van der Waals surface area contributed by atoms with Crippen LogP contribution < -0.4 is 14.9 Å². The summed E-state index contributed by atoms with van der Waals surface area (Å²) < 4.78 is 17.3. The zero-order chi connectivity index (χ0) is 20.4. The summed E-state index contributed by atoms with van der Waals surface area (Å²) >= 11 is 0. The number of para-hydroxylation sites is 1. The van der Waals surface area contributed by atoms with Crippen LogP contribution in [-0.4, -0.2) is 7.11 Å². The van der Waals surface area contributed by atoms with E-state index in [9.17, 15) is 4.79 Å². The first-order valence-corrected chi connectivity index (χ1v) is 9.46. The number of hydrogen-bond acceptors (Lipinski definition) is 4. The highest BCUT2D eigenvalue weighted by Gasteiger charge is 2.17. The lowest BCUT2D eigenvalue weighted by molar-refractivity contribution is 0.306. The van der Waals surface area contributed by atoms with E-state index < -0.39 is 0 Å². The van der Waals surface area contributed by atoms with E-state index in [0.29, 0.717) is 40.4 Å². The van der Waals surface area contributed by atoms with Crippen LogP contribution in [0, 0.1) is 13.8 Å². The normalized spacial score (nSPS) is 10.9. The first-order chi connectivity index (χ1) is 14.1. The molecule has 0 bridgehead atoms. The van der Waals surface area contributed by atoms with Gasteiger partial charge in [-0.3, -0.25) is 4.79 Å². The predicted octanol–water partition coefficient (Wildman–Crippen LogP) is 5.66. The van der Waals surface area contributed by atoms with E-state index in [2.05, 4.69) is 19.1 Å². The standard InChI is InChI=1S/C25H22O4/c1-16-8-10-18(11-9-16)15-28-19-12-13-21-23(14-19)29-17(2)24(25(21)26)20-6-4-5-7-22(20)27-3/h4-14H,15H2,1-3H3. The van der Waals surface area contributed by atoms with Crippen molar-refractivity contribution in [2.75, 3.05) is 7.11 Å². The topological polar surface area (TPSA) is 48.7 Å². The van der Waals surface area contributed by atoms with E-state index in [1.54, 1.807) is 32.2 Å². The zero-order valence-corrected chi connectivity index (χ0v) is 16.7. The number of benzene rings is 3. The molecule has 0 aliphatic heterocycles. The van der Waals surface area contributed by atoms with E-state index in [1.165, 1.54) is 5.56 Å². The molecule has 0 saturated heterocycles. The van der Waals surface area contributed by atoms with Crippen LogP contribution in [0.25, 0.3) is 22.1 Å². The Morgan fingerprint density at radius 2 is 1.69 bits per heavy atom. The minimum Gasteiger partial charge on any atom is -0.496 e. The largest absolute Gasteiger partial charge is 0.496 e. The van der Waals surface area contributed by atoms with Crippen LogP contribution in [0.5, 0.6) is 11.5 Å². The first kappa shape index (κ1) is 18.8. The fourth-order valence-electron chi connectivity index (χ4n) is 3.39. The van der Waals surface area contributed by atoms with Crippen molar-refractivity contribution in [1.29, 1.82) is 0 Å². The minimum atomic E-state index is -0.0849. The van der Waals surface area contributed by atoms with Gasteiger partial charge >= 0.3 is 0 Å². The molecule has 29 heavy (non-hydrogen) atoms. The molecule has 0 aliphatic carbocycles. The average Bonchev–Trinajstić information content (AvgIpc) is 2.73. The highest BCUT2D eigenvalue weighted by molar-refractivity contribution is 5.85. The van der Waals surface area contributed by atoms with Crippen molar-refractivity contribution in [3.8, 4) is 22.6 Å². The predicted molar refractivity (Wildman–Crippen MR) is 115 cm³/mol. The number of hydrogen-bond donors (Lipinski definition) is 0. The Morgan fingerprint density at radius 3 is 2.45 bits per heavy atom. The zero-order valence-electron chi connectivity index (χ0n) is 16.7. The molecule has 0 fully saturated rings. The monoisotopic (exact) mass is 386 g/mol. The van der Waals surface area contributed by atoms with Gasteiger partial charge in [-0.05, 0) is 37.6 Å². The maximum absolute atomic E-state index is 13.2. The summed E-state index contributed by atoms with van der Waals surface area (Å²) in [7, 11) is 1.59. The molecule has 1 heterocycles. The molecule has 0 unspecified atom stereocenters. The van der Waals surface area contributed by atoms with Crippen molar-refractivity contribution in [3.63, 3.8) is 0 Å². The fourth-order valence-corrected chi connectivity index (χ4v) is 3.39. The van der Waals surface area contributed by atoms with Gasteiger partial charge in [0.1, 0.15) is 29.4 Å². The number of rotatable bonds is 5. The fraction of sp³-hybridized carbons (Fsp3) is 0.160. The number of methoxy groups -OCH3 is 1. The summed E-state index contributed by atoms with van der Waals surface area (Å²) in [5.74, 6) is 1.84. The van der Waals surface area contributed by atoms with Gasteiger partial charge in [0.15, 0.2) is 0 Å². The molecule has 4 heteroatoms. The van der Waals surface area contributed by atoms with Crippen LogP contribution in [0.3, 0.4) is 0 Å². The molecule has 3 aromatic carbocycles. The molecule has 1 aromatic heterocycles. The maximum Gasteiger partial charge on any atom is 0.200 e. The van der Waals surface area contributed by atoms with E-state index in [-0.39, 0.29) is 5.43 Å². The smallest absolute Gasteiger partial charge is 0.200 e. The lowest BCUT2D eigenvalue weighted by Crippen LogP contribution is -2.08. The molecule has 0 N–H and O–H groups in total. The molecule has 0 aliphatic rings. The third-order valence-corrected chi connectivity index (χ3v) is 4.94. The Kier molecular flexibility index (Phi) is 5.09. The lowest BCUT2D eigenvalue weighted by Gasteiger charge is -2.12. The van der Waals surface area contributed by atoms with Crippen LogP contribution in [-0.2, 0) is 6.61 Å². The summed E-state index contributed by atoms with van der Waals surface area (Å²) in [6.45, 7) is 4.30. The molecule has 146 valence electrons. The van der Waals surface area contributed by atoms with Gasteiger partial charge in [-0.1, -0.05) is 48.0 Å². The van der Waals surface area contributed by atoms with Gasteiger partial charge in [0.25, 0.3) is 0 Å². The van der Waals surface area contributed by atoms with Crippen molar-refractivity contribution in [2.24, 2.45) is 0 Å². The quantitative estimate of drug-likeness (QED) is 0.444. The van der Waals surface area contributed by atoms with Crippen LogP contribution in [0.2, 0.25) is 0 Å². The van der Waals surface area contributed by atoms with Gasteiger partial charge in [0.05, 0.1) is 18.1 Å². The SMILES string of the molecule is COc1ccccc1-c1c(C)oc2cc(OCc3ccc(C)cc3)ccc2c1=O. The van der Waals surface area contributed by atoms with E-state index in [1.807, 2.05) is 36.4 Å². The summed E-state index contributed by atoms with van der Waals surface area (Å²) in [4.78, 5) is 13.2. The van der Waals surface area contributed by atoms with Gasteiger partial charge in [-0.25, -0.2) is 0 Å². The van der Waals surface area contributed by atoms with Crippen molar-refractivity contribution in [1.82, 2.24) is 0 Å². The molecule has 4 aromatic rings. The van der Waals surface area contributed by atoms with E-state index in [4.69, 9.17) is 13.9 Å². The number of aryl methyl sites for hydroxylation is 2. The number of fused-ring (bicyclic) bond motifs is 1. The second-order valence-electron chi connectivity index (χ2n) is 6.99. The highest BCUT2D eigenvalue weighted by Crippen LogP contribution is 2.32. The van der Waals surface area contributed by atoms with E-state index in [0.717, 1.165) is 11.1 Å². The van der Waals surface area contributed by atoms with Crippen LogP contribution in [0.4, 0.5) is 0 Å². The molecular formula is C25H22O4. The number of ether oxygens (including phenoxy) is 2. The van der Waals surface area contributed by atoms with Crippen LogP contribution in [0.15, 0.2) is 75.9 Å². The van der Waals surface area contributed by atoms with Gasteiger partial charge in [0, 0.05) is 11.6 Å². The van der Waals surface area contributed by atoms with Gasteiger partial charge in [-0.2, -0.15) is 0 Å². The Morgan fingerprint density at radius 1 is 0.931 bits per heavy atom. The first-order valence-electron chi connectivity index (χ1n) is 9.46. The third-order valence-electron chi connectivity index (χ3n) is 4.94. The molecule has 4 rings (SSSR count). The molecule has 0 amide bonds. The summed E-state index contributed by atoms with van der Waals surface area (Å²) in [6.07, 6.45) is 0. The Hall–Kier alpha value is -3.53. The average molecular weight is 386 g/mol. The maximum atomic E-state index is 13.2. The minimum absolute atomic E-state index is 0.0849. The molecule has 0 spiro atoms. The van der Waals surface area contributed by atoms with E-state index >= 15 is 0 Å². The third kappa shape index (κ3) is 3.74. The second-order valence-corrected chi connectivity index (χ2v) is 6.99. The Bertz CT molecular complexity index is 1220. The molecule has 0 atom stereocenters. The molecule has 0 saturated carbocycles. The molecule has 4 nitrogen and oxygen atoms in total. The van der Waals surface area contributed by atoms with Crippen molar-refractivity contribution in [3.05, 3.63) is 93.8 Å². The summed E-state index contributed by atoms with van der Waals surface area (Å²) in [6, 6.07) is 21.0. The Labute approximate surface area is 169 Å². The second kappa shape index (κ2) is 7.84. The van der Waals surface area contributed by atoms with Gasteiger partial charge in [0.2, 0.25) is 5.43 Å². The van der Waals surface area contributed by atoms with Crippen molar-refractivity contribution >= 4 is 11.0 Å². The summed E-state index contributed by atoms with van der Waals surface area (Å²) in [5, 5.41) is 0.513. The van der Waals surface area contributed by atoms with Crippen LogP contribution in [0.1, 0.15) is 16.9 Å². The molecular weight excluding hydrogens is 364 g/mol. The Balaban J connectivity index is 1.70. The van der Waals surface area contributed by atoms with Gasteiger partial charge < -0.3 is 13.9 Å². The summed E-state index contributed by atoms with van der Waals surface area (Å²) in [5.41, 5.74) is 3.96. The van der Waals surface area contributed by atoms with Gasteiger partial charge in [-0.15, -0.1) is 0 Å². The van der Waals surface area contributed by atoms with Crippen molar-refractivity contribution < 1.29 is 13.9 Å². The lowest BCUT2D eigenvalue weighted by atomic mass is 10.0. The van der Waals surface area contributed by atoms with Crippen LogP contribution >= 0.6 is 0 Å².